The smallest absolute Gasteiger partial charge is 0.310 e. The molecule has 1 aromatic rings. The van der Waals surface area contributed by atoms with E-state index in [9.17, 15) is 9.90 Å². The Morgan fingerprint density at radius 3 is 2.73 bits per heavy atom. The van der Waals surface area contributed by atoms with E-state index in [1.807, 2.05) is 25.1 Å². The van der Waals surface area contributed by atoms with Gasteiger partial charge < -0.3 is 5.11 Å². The monoisotopic (exact) mass is 205 g/mol. The molecule has 0 aromatic carbocycles. The minimum Gasteiger partial charge on any atom is -0.481 e. The first kappa shape index (κ1) is 10.1. The minimum atomic E-state index is -0.669. The summed E-state index contributed by atoms with van der Waals surface area (Å²) in [5.74, 6) is -0.669. The van der Waals surface area contributed by atoms with Crippen LogP contribution in [0, 0.1) is 12.3 Å². The van der Waals surface area contributed by atoms with E-state index < -0.39 is 11.4 Å². The van der Waals surface area contributed by atoms with Crippen molar-refractivity contribution < 1.29 is 9.90 Å². The minimum absolute atomic E-state index is 0.527. The van der Waals surface area contributed by atoms with Crippen LogP contribution in [-0.4, -0.2) is 16.1 Å². The number of carbonyl (C=O) groups is 1. The zero-order valence-electron chi connectivity index (χ0n) is 8.86. The normalized spacial score (nSPS) is 18.2. The third-order valence-corrected chi connectivity index (χ3v) is 3.23. The Morgan fingerprint density at radius 1 is 1.53 bits per heavy atom. The van der Waals surface area contributed by atoms with Gasteiger partial charge in [0.25, 0.3) is 0 Å². The summed E-state index contributed by atoms with van der Waals surface area (Å²) in [5, 5.41) is 9.19. The third kappa shape index (κ3) is 1.87. The van der Waals surface area contributed by atoms with Gasteiger partial charge in [0.05, 0.1) is 5.41 Å². The van der Waals surface area contributed by atoms with Crippen LogP contribution in [0.25, 0.3) is 0 Å². The molecular weight excluding hydrogens is 190 g/mol. The zero-order chi connectivity index (χ0) is 10.9. The van der Waals surface area contributed by atoms with Gasteiger partial charge in [-0.05, 0) is 31.9 Å². The molecule has 0 saturated heterocycles. The summed E-state index contributed by atoms with van der Waals surface area (Å²) in [5.41, 5.74) is 1.32. The average molecular weight is 205 g/mol. The Bertz CT molecular complexity index is 383. The van der Waals surface area contributed by atoms with E-state index in [1.165, 1.54) is 0 Å². The lowest BCUT2D eigenvalue weighted by molar-refractivity contribution is -0.154. The Hall–Kier alpha value is -1.38. The second-order valence-electron chi connectivity index (χ2n) is 4.39. The maximum atomic E-state index is 11.2. The molecule has 3 nitrogen and oxygen atoms in total. The van der Waals surface area contributed by atoms with Crippen molar-refractivity contribution in [2.75, 3.05) is 0 Å². The van der Waals surface area contributed by atoms with Gasteiger partial charge in [-0.1, -0.05) is 12.5 Å². The molecule has 0 atom stereocenters. The first-order valence-electron chi connectivity index (χ1n) is 5.28. The van der Waals surface area contributed by atoms with Crippen LogP contribution in [0.15, 0.2) is 18.2 Å². The maximum absolute atomic E-state index is 11.2. The number of aryl methyl sites for hydroxylation is 1. The molecule has 1 fully saturated rings. The van der Waals surface area contributed by atoms with Crippen molar-refractivity contribution in [3.63, 3.8) is 0 Å². The number of carboxylic acid groups (broad SMARTS) is 1. The van der Waals surface area contributed by atoms with E-state index in [2.05, 4.69) is 4.98 Å². The third-order valence-electron chi connectivity index (χ3n) is 3.23. The highest BCUT2D eigenvalue weighted by atomic mass is 16.4. The maximum Gasteiger partial charge on any atom is 0.310 e. The molecule has 1 saturated carbocycles. The molecule has 15 heavy (non-hydrogen) atoms. The molecule has 0 amide bonds. The van der Waals surface area contributed by atoms with Crippen molar-refractivity contribution in [2.24, 2.45) is 5.41 Å². The molecule has 0 spiro atoms. The van der Waals surface area contributed by atoms with Gasteiger partial charge in [0.15, 0.2) is 0 Å². The van der Waals surface area contributed by atoms with Gasteiger partial charge in [0.1, 0.15) is 0 Å². The molecule has 3 heteroatoms. The van der Waals surface area contributed by atoms with Crippen LogP contribution in [0.5, 0.6) is 0 Å². The quantitative estimate of drug-likeness (QED) is 0.822. The molecule has 1 aliphatic carbocycles. The van der Waals surface area contributed by atoms with Gasteiger partial charge in [-0.3, -0.25) is 9.78 Å². The molecule has 2 rings (SSSR count). The van der Waals surface area contributed by atoms with Crippen molar-refractivity contribution >= 4 is 5.97 Å². The van der Waals surface area contributed by atoms with Crippen LogP contribution in [-0.2, 0) is 11.2 Å². The first-order chi connectivity index (χ1) is 7.12. The van der Waals surface area contributed by atoms with Crippen LogP contribution in [0.1, 0.15) is 30.7 Å². The molecule has 1 aromatic heterocycles. The predicted octanol–water partition coefficient (Wildman–Crippen LogP) is 2.19. The van der Waals surface area contributed by atoms with Crippen molar-refractivity contribution in [1.82, 2.24) is 4.98 Å². The van der Waals surface area contributed by atoms with Crippen molar-refractivity contribution in [2.45, 2.75) is 32.6 Å². The summed E-state index contributed by atoms with van der Waals surface area (Å²) >= 11 is 0. The number of rotatable bonds is 3. The fourth-order valence-corrected chi connectivity index (χ4v) is 2.11. The highest BCUT2D eigenvalue weighted by molar-refractivity contribution is 5.76. The van der Waals surface area contributed by atoms with Gasteiger partial charge in [-0.25, -0.2) is 0 Å². The van der Waals surface area contributed by atoms with Gasteiger partial charge in [-0.2, -0.15) is 0 Å². The van der Waals surface area contributed by atoms with Crippen molar-refractivity contribution in [3.05, 3.63) is 29.6 Å². The zero-order valence-corrected chi connectivity index (χ0v) is 8.86. The van der Waals surface area contributed by atoms with E-state index in [0.717, 1.165) is 30.7 Å². The molecule has 1 aliphatic rings. The molecule has 1 N–H and O–H groups in total. The first-order valence-corrected chi connectivity index (χ1v) is 5.28. The summed E-state index contributed by atoms with van der Waals surface area (Å²) < 4.78 is 0. The molecule has 80 valence electrons. The van der Waals surface area contributed by atoms with Crippen LogP contribution in [0.2, 0.25) is 0 Å². The van der Waals surface area contributed by atoms with E-state index in [0.29, 0.717) is 6.42 Å². The molecule has 1 heterocycles. The molecule has 0 radical (unpaired) electrons. The van der Waals surface area contributed by atoms with E-state index in [1.54, 1.807) is 0 Å². The van der Waals surface area contributed by atoms with Crippen LogP contribution >= 0.6 is 0 Å². The van der Waals surface area contributed by atoms with Gasteiger partial charge >= 0.3 is 5.97 Å². The lowest BCUT2D eigenvalue weighted by atomic mass is 9.66. The van der Waals surface area contributed by atoms with Crippen LogP contribution in [0.3, 0.4) is 0 Å². The second kappa shape index (κ2) is 3.65. The summed E-state index contributed by atoms with van der Waals surface area (Å²) in [4.78, 5) is 15.5. The SMILES string of the molecule is Cc1cccc(CC2(C(=O)O)CCC2)n1. The highest BCUT2D eigenvalue weighted by Crippen LogP contribution is 2.43. The fourth-order valence-electron chi connectivity index (χ4n) is 2.11. The van der Waals surface area contributed by atoms with E-state index in [-0.39, 0.29) is 0 Å². The Morgan fingerprint density at radius 2 is 2.27 bits per heavy atom. The van der Waals surface area contributed by atoms with Crippen molar-refractivity contribution in [1.29, 1.82) is 0 Å². The molecule has 0 bridgehead atoms. The van der Waals surface area contributed by atoms with Gasteiger partial charge in [-0.15, -0.1) is 0 Å². The van der Waals surface area contributed by atoms with E-state index >= 15 is 0 Å². The highest BCUT2D eigenvalue weighted by Gasteiger charge is 2.44. The largest absolute Gasteiger partial charge is 0.481 e. The molecule has 0 unspecified atom stereocenters. The van der Waals surface area contributed by atoms with Crippen LogP contribution in [0.4, 0.5) is 0 Å². The number of hydrogen-bond donors (Lipinski definition) is 1. The lowest BCUT2D eigenvalue weighted by Gasteiger charge is -2.37. The second-order valence-corrected chi connectivity index (χ2v) is 4.39. The summed E-state index contributed by atoms with van der Waals surface area (Å²) in [6.07, 6.45) is 3.18. The average Bonchev–Trinajstić information content (AvgIpc) is 2.11. The lowest BCUT2D eigenvalue weighted by Crippen LogP contribution is -2.40. The number of hydrogen-bond acceptors (Lipinski definition) is 2. The fraction of sp³-hybridized carbons (Fsp3) is 0.500. The number of nitrogens with zero attached hydrogens (tertiary/aromatic N) is 1. The van der Waals surface area contributed by atoms with Gasteiger partial charge in [0.2, 0.25) is 0 Å². The summed E-state index contributed by atoms with van der Waals surface area (Å²) in [7, 11) is 0. The molecular formula is C12H15NO2. The Balaban J connectivity index is 2.17. The predicted molar refractivity (Wildman–Crippen MR) is 56.6 cm³/mol. The van der Waals surface area contributed by atoms with Gasteiger partial charge in [0, 0.05) is 17.8 Å². The van der Waals surface area contributed by atoms with E-state index in [4.69, 9.17) is 0 Å². The summed E-state index contributed by atoms with van der Waals surface area (Å²) in [6, 6.07) is 5.78. The Labute approximate surface area is 89.2 Å². The number of aromatic nitrogens is 1. The van der Waals surface area contributed by atoms with Crippen LogP contribution < -0.4 is 0 Å². The number of pyridine rings is 1. The topological polar surface area (TPSA) is 50.2 Å². The number of carboxylic acids is 1. The molecule has 0 aliphatic heterocycles. The standard InChI is InChI=1S/C12H15NO2/c1-9-4-2-5-10(13-9)8-12(11(14)15)6-3-7-12/h2,4-5H,3,6-8H2,1H3,(H,14,15). The Kier molecular flexibility index (Phi) is 2.47. The van der Waals surface area contributed by atoms with Crippen molar-refractivity contribution in [3.8, 4) is 0 Å². The summed E-state index contributed by atoms with van der Waals surface area (Å²) in [6.45, 7) is 1.93. The number of aliphatic carboxylic acids is 1.